The second kappa shape index (κ2) is 12.2. The van der Waals surface area contributed by atoms with E-state index in [4.69, 9.17) is 4.74 Å². The number of hydrogen-bond donors (Lipinski definition) is 1. The molecule has 2 rings (SSSR count). The molecule has 0 unspecified atom stereocenters. The summed E-state index contributed by atoms with van der Waals surface area (Å²) in [6.45, 7) is 6.17. The third-order valence-electron chi connectivity index (χ3n) is 5.47. The van der Waals surface area contributed by atoms with E-state index in [-0.39, 0.29) is 24.4 Å². The van der Waals surface area contributed by atoms with Crippen LogP contribution in [0.5, 0.6) is 5.75 Å². The highest BCUT2D eigenvalue weighted by Crippen LogP contribution is 2.34. The fourth-order valence-corrected chi connectivity index (χ4v) is 4.59. The summed E-state index contributed by atoms with van der Waals surface area (Å²) in [4.78, 5) is 38.8. The molecule has 13 heteroatoms. The fraction of sp³-hybridized carbons (Fsp3) is 0.440. The summed E-state index contributed by atoms with van der Waals surface area (Å²) in [5.41, 5.74) is -0.697. The van der Waals surface area contributed by atoms with Crippen LogP contribution in [0.2, 0.25) is 0 Å². The standard InChI is InChI=1S/C25H33FN4O7S/c1-7-20(24(32)27-25(2,3)4)28(15-17-8-10-18(26)11-9-17)23(31)16-29(38(6,35)36)21-14-19(30(33)34)12-13-22(21)37-5/h8-14,20H,7,15-16H2,1-6H3,(H,27,32)/t20-/m0/s1. The number of hydrogen-bond acceptors (Lipinski definition) is 7. The van der Waals surface area contributed by atoms with Gasteiger partial charge in [0.25, 0.3) is 5.69 Å². The lowest BCUT2D eigenvalue weighted by molar-refractivity contribution is -0.384. The van der Waals surface area contributed by atoms with Crippen LogP contribution < -0.4 is 14.4 Å². The van der Waals surface area contributed by atoms with Crippen molar-refractivity contribution in [3.63, 3.8) is 0 Å². The zero-order chi connectivity index (χ0) is 28.8. The highest BCUT2D eigenvalue weighted by atomic mass is 32.2. The Labute approximate surface area is 221 Å². The van der Waals surface area contributed by atoms with Crippen molar-refractivity contribution in [1.29, 1.82) is 0 Å². The zero-order valence-corrected chi connectivity index (χ0v) is 23.0. The maximum Gasteiger partial charge on any atom is 0.271 e. The minimum Gasteiger partial charge on any atom is -0.495 e. The van der Waals surface area contributed by atoms with E-state index in [2.05, 4.69) is 5.32 Å². The number of halogens is 1. The largest absolute Gasteiger partial charge is 0.495 e. The highest BCUT2D eigenvalue weighted by molar-refractivity contribution is 7.92. The molecular formula is C25H33FN4O7S. The van der Waals surface area contributed by atoms with Crippen LogP contribution in [-0.2, 0) is 26.2 Å². The average Bonchev–Trinajstić information content (AvgIpc) is 2.81. The number of nitro groups is 1. The minimum atomic E-state index is -4.15. The van der Waals surface area contributed by atoms with Gasteiger partial charge in [0.2, 0.25) is 21.8 Å². The molecule has 2 aromatic rings. The first-order chi connectivity index (χ1) is 17.6. The van der Waals surface area contributed by atoms with Gasteiger partial charge in [-0.3, -0.25) is 24.0 Å². The lowest BCUT2D eigenvalue weighted by atomic mass is 10.1. The molecule has 1 atom stereocenters. The number of carbonyl (C=O) groups excluding carboxylic acids is 2. The molecule has 2 amide bonds. The molecule has 0 aromatic heterocycles. The molecule has 0 aliphatic carbocycles. The summed E-state index contributed by atoms with van der Waals surface area (Å²) >= 11 is 0. The number of carbonyl (C=O) groups is 2. The van der Waals surface area contributed by atoms with Crippen molar-refractivity contribution in [3.05, 3.63) is 64.0 Å². The van der Waals surface area contributed by atoms with E-state index in [0.29, 0.717) is 9.87 Å². The number of methoxy groups -OCH3 is 1. The number of benzene rings is 2. The predicted molar refractivity (Wildman–Crippen MR) is 141 cm³/mol. The topological polar surface area (TPSA) is 139 Å². The van der Waals surface area contributed by atoms with Gasteiger partial charge in [0.1, 0.15) is 29.8 Å². The maximum atomic E-state index is 13.7. The minimum absolute atomic E-state index is 0.00331. The molecular weight excluding hydrogens is 519 g/mol. The SMILES string of the molecule is CC[C@@H](C(=O)NC(C)(C)C)N(Cc1ccc(F)cc1)C(=O)CN(c1cc([N+](=O)[O-])ccc1OC)S(C)(=O)=O. The molecule has 0 aliphatic rings. The van der Waals surface area contributed by atoms with Gasteiger partial charge in [-0.1, -0.05) is 19.1 Å². The van der Waals surface area contributed by atoms with E-state index >= 15 is 0 Å². The molecule has 0 saturated carbocycles. The molecule has 0 heterocycles. The molecule has 38 heavy (non-hydrogen) atoms. The van der Waals surface area contributed by atoms with Crippen LogP contribution in [0.15, 0.2) is 42.5 Å². The van der Waals surface area contributed by atoms with Crippen molar-refractivity contribution < 1.29 is 32.1 Å². The Morgan fingerprint density at radius 3 is 2.24 bits per heavy atom. The van der Waals surface area contributed by atoms with E-state index in [1.807, 2.05) is 0 Å². The fourth-order valence-electron chi connectivity index (χ4n) is 3.74. The zero-order valence-electron chi connectivity index (χ0n) is 22.2. The molecule has 0 fully saturated rings. The molecule has 208 valence electrons. The summed E-state index contributed by atoms with van der Waals surface area (Å²) in [7, 11) is -2.89. The average molecular weight is 553 g/mol. The van der Waals surface area contributed by atoms with E-state index in [9.17, 15) is 32.5 Å². The number of nitro benzene ring substituents is 1. The smallest absolute Gasteiger partial charge is 0.271 e. The molecule has 0 radical (unpaired) electrons. The maximum absolute atomic E-state index is 13.7. The number of anilines is 1. The quantitative estimate of drug-likeness (QED) is 0.333. The first-order valence-corrected chi connectivity index (χ1v) is 13.6. The van der Waals surface area contributed by atoms with Crippen LogP contribution in [0, 0.1) is 15.9 Å². The van der Waals surface area contributed by atoms with Gasteiger partial charge < -0.3 is 15.0 Å². The van der Waals surface area contributed by atoms with Gasteiger partial charge >= 0.3 is 0 Å². The number of nitrogens with one attached hydrogen (secondary N) is 1. The van der Waals surface area contributed by atoms with Gasteiger partial charge in [-0.2, -0.15) is 0 Å². The summed E-state index contributed by atoms with van der Waals surface area (Å²) in [5, 5.41) is 14.2. The van der Waals surface area contributed by atoms with Crippen molar-refractivity contribution in [2.24, 2.45) is 0 Å². The Hall–Kier alpha value is -3.74. The van der Waals surface area contributed by atoms with Crippen molar-refractivity contribution in [1.82, 2.24) is 10.2 Å². The van der Waals surface area contributed by atoms with Crippen LogP contribution in [-0.4, -0.2) is 61.5 Å². The van der Waals surface area contributed by atoms with Crippen molar-refractivity contribution in [3.8, 4) is 5.75 Å². The number of sulfonamides is 1. The monoisotopic (exact) mass is 552 g/mol. The first kappa shape index (κ1) is 30.5. The molecule has 2 aromatic carbocycles. The van der Waals surface area contributed by atoms with Crippen LogP contribution in [0.4, 0.5) is 15.8 Å². The number of ether oxygens (including phenoxy) is 1. The van der Waals surface area contributed by atoms with Crippen LogP contribution in [0.1, 0.15) is 39.7 Å². The third-order valence-corrected chi connectivity index (χ3v) is 6.60. The molecule has 0 saturated heterocycles. The highest BCUT2D eigenvalue weighted by Gasteiger charge is 2.34. The summed E-state index contributed by atoms with van der Waals surface area (Å²) in [6, 6.07) is 7.74. The Morgan fingerprint density at radius 2 is 1.76 bits per heavy atom. The Morgan fingerprint density at radius 1 is 1.16 bits per heavy atom. The van der Waals surface area contributed by atoms with Crippen molar-refractivity contribution in [2.45, 2.75) is 52.2 Å². The van der Waals surface area contributed by atoms with Crippen molar-refractivity contribution >= 4 is 33.2 Å². The summed E-state index contributed by atoms with van der Waals surface area (Å²) < 4.78 is 45.0. The van der Waals surface area contributed by atoms with Gasteiger partial charge in [-0.05, 0) is 51.0 Å². The number of non-ortho nitro benzene ring substituents is 1. The third kappa shape index (κ3) is 8.13. The van der Waals surface area contributed by atoms with E-state index in [1.54, 1.807) is 27.7 Å². The number of nitrogens with zero attached hydrogens (tertiary/aromatic N) is 3. The Bertz CT molecular complexity index is 1280. The molecule has 0 bridgehead atoms. The van der Waals surface area contributed by atoms with Gasteiger partial charge in [-0.15, -0.1) is 0 Å². The first-order valence-electron chi connectivity index (χ1n) is 11.7. The summed E-state index contributed by atoms with van der Waals surface area (Å²) in [5.74, 6) is -1.68. The number of amides is 2. The molecule has 0 spiro atoms. The Balaban J connectivity index is 2.57. The number of rotatable bonds is 11. The Kier molecular flexibility index (Phi) is 9.79. The van der Waals surface area contributed by atoms with E-state index in [0.717, 1.165) is 18.4 Å². The van der Waals surface area contributed by atoms with E-state index < -0.39 is 56.4 Å². The van der Waals surface area contributed by atoms with Crippen molar-refractivity contribution in [2.75, 3.05) is 24.2 Å². The summed E-state index contributed by atoms with van der Waals surface area (Å²) in [6.07, 6.45) is 1.06. The van der Waals surface area contributed by atoms with Crippen LogP contribution in [0.3, 0.4) is 0 Å². The second-order valence-electron chi connectivity index (χ2n) is 9.69. The van der Waals surface area contributed by atoms with Gasteiger partial charge in [0.15, 0.2) is 0 Å². The molecule has 11 nitrogen and oxygen atoms in total. The second-order valence-corrected chi connectivity index (χ2v) is 11.6. The lowest BCUT2D eigenvalue weighted by Crippen LogP contribution is -2.55. The van der Waals surface area contributed by atoms with E-state index in [1.165, 1.54) is 42.3 Å². The van der Waals surface area contributed by atoms with Crippen LogP contribution in [0.25, 0.3) is 0 Å². The normalized spacial score (nSPS) is 12.4. The van der Waals surface area contributed by atoms with Gasteiger partial charge in [0.05, 0.1) is 18.3 Å². The molecule has 1 N–H and O–H groups in total. The van der Waals surface area contributed by atoms with Crippen LogP contribution >= 0.6 is 0 Å². The van der Waals surface area contributed by atoms with Gasteiger partial charge in [-0.25, -0.2) is 12.8 Å². The lowest BCUT2D eigenvalue weighted by Gasteiger charge is -2.34. The van der Waals surface area contributed by atoms with Gasteiger partial charge in [0, 0.05) is 24.2 Å². The predicted octanol–water partition coefficient (Wildman–Crippen LogP) is 3.23. The molecule has 0 aliphatic heterocycles.